The highest BCUT2D eigenvalue weighted by Crippen LogP contribution is 2.35. The number of hydrogen-bond donors (Lipinski definition) is 5. The first-order valence-corrected chi connectivity index (χ1v) is 20.2. The van der Waals surface area contributed by atoms with E-state index in [2.05, 4.69) is 30.0 Å². The summed E-state index contributed by atoms with van der Waals surface area (Å²) in [5, 5.41) is 9.68. The number of halogens is 3. The van der Waals surface area contributed by atoms with Crippen LogP contribution in [0.2, 0.25) is 0 Å². The van der Waals surface area contributed by atoms with E-state index in [1.165, 1.54) is 7.11 Å². The van der Waals surface area contributed by atoms with Crippen LogP contribution in [0.1, 0.15) is 76.6 Å². The van der Waals surface area contributed by atoms with Crippen molar-refractivity contribution in [3.8, 4) is 33.8 Å². The predicted molar refractivity (Wildman–Crippen MR) is 220 cm³/mol. The molecule has 5 atom stereocenters. The van der Waals surface area contributed by atoms with E-state index in [1.807, 2.05) is 56.3 Å². The predicted octanol–water partition coefficient (Wildman–Crippen LogP) is 6.29. The van der Waals surface area contributed by atoms with Crippen molar-refractivity contribution in [2.45, 2.75) is 83.3 Å². The molecule has 4 amide bonds. The smallest absolute Gasteiger partial charge is 0.475 e. The van der Waals surface area contributed by atoms with Crippen molar-refractivity contribution < 1.29 is 51.7 Å². The molecule has 0 spiro atoms. The summed E-state index contributed by atoms with van der Waals surface area (Å²) in [6.45, 7) is 6.58. The van der Waals surface area contributed by atoms with E-state index in [0.29, 0.717) is 31.2 Å². The van der Waals surface area contributed by atoms with Crippen molar-refractivity contribution in [1.82, 2.24) is 45.0 Å². The van der Waals surface area contributed by atoms with Gasteiger partial charge in [0.1, 0.15) is 17.7 Å². The molecule has 2 fully saturated rings. The average molecular weight is 877 g/mol. The minimum atomic E-state index is -5.08. The third kappa shape index (κ3) is 10.5. The fraction of sp³-hybridized carbons (Fsp3) is 0.405. The highest BCUT2D eigenvalue weighted by atomic mass is 19.4. The topological polar surface area (TPSA) is 252 Å². The number of ether oxygens (including phenoxy) is 2. The first kappa shape index (κ1) is 45.5. The van der Waals surface area contributed by atoms with Gasteiger partial charge in [-0.05, 0) is 56.7 Å². The van der Waals surface area contributed by atoms with Gasteiger partial charge < -0.3 is 45.4 Å². The van der Waals surface area contributed by atoms with Crippen LogP contribution in [0, 0.1) is 5.92 Å². The number of aromatic amines is 2. The Balaban J connectivity index is 0.000000871. The van der Waals surface area contributed by atoms with Crippen molar-refractivity contribution in [1.29, 1.82) is 0 Å². The Morgan fingerprint density at radius 2 is 1.38 bits per heavy atom. The van der Waals surface area contributed by atoms with E-state index in [1.54, 1.807) is 35.3 Å². The van der Waals surface area contributed by atoms with Crippen LogP contribution in [-0.4, -0.2) is 113 Å². The molecule has 2 aromatic carbocycles. The molecular formula is C42H47F3N10O8. The number of rotatable bonds is 11. The summed E-state index contributed by atoms with van der Waals surface area (Å²) in [5.74, 6) is -2.01. The molecule has 2 aliphatic heterocycles. The van der Waals surface area contributed by atoms with E-state index in [0.717, 1.165) is 70.5 Å². The number of hydrogen-bond acceptors (Lipinski definition) is 11. The summed E-state index contributed by atoms with van der Waals surface area (Å²) < 4.78 is 41.6. The van der Waals surface area contributed by atoms with Gasteiger partial charge in [-0.25, -0.2) is 29.3 Å². The molecule has 21 heteroatoms. The molecule has 334 valence electrons. The second-order valence-corrected chi connectivity index (χ2v) is 15.2. The monoisotopic (exact) mass is 876 g/mol. The lowest BCUT2D eigenvalue weighted by Crippen LogP contribution is -2.46. The van der Waals surface area contributed by atoms with E-state index in [-0.39, 0.29) is 29.8 Å². The van der Waals surface area contributed by atoms with Gasteiger partial charge in [0.2, 0.25) is 5.91 Å². The second kappa shape index (κ2) is 19.3. The van der Waals surface area contributed by atoms with Crippen molar-refractivity contribution in [3.05, 3.63) is 72.7 Å². The van der Waals surface area contributed by atoms with Gasteiger partial charge in [0, 0.05) is 30.1 Å². The summed E-state index contributed by atoms with van der Waals surface area (Å²) in [7, 11) is 1.26. The minimum Gasteiger partial charge on any atom is -0.475 e. The van der Waals surface area contributed by atoms with Gasteiger partial charge in [-0.3, -0.25) is 14.6 Å². The number of methoxy groups -OCH3 is 1. The lowest BCUT2D eigenvalue weighted by molar-refractivity contribution is -0.192. The van der Waals surface area contributed by atoms with Gasteiger partial charge in [-0.2, -0.15) is 13.2 Å². The Labute approximate surface area is 358 Å². The number of nitrogens with two attached hydrogens (primary N) is 1. The number of nitrogens with zero attached hydrogens (tertiary/aromatic N) is 6. The number of alkyl halides is 3. The number of imidazole rings is 2. The number of carboxylic acids is 1. The number of fused-ring (bicyclic) bond motifs is 1. The zero-order chi connectivity index (χ0) is 45.6. The van der Waals surface area contributed by atoms with Crippen molar-refractivity contribution in [3.63, 3.8) is 0 Å². The summed E-state index contributed by atoms with van der Waals surface area (Å²) in [5.41, 5.74) is 11.8. The van der Waals surface area contributed by atoms with Crippen LogP contribution >= 0.6 is 0 Å². The zero-order valence-corrected chi connectivity index (χ0v) is 34.8. The summed E-state index contributed by atoms with van der Waals surface area (Å²) in [6.07, 6.45) is 1.45. The number of carbonyl (C=O) groups excluding carboxylic acids is 4. The molecule has 2 aliphatic rings. The molecule has 0 aliphatic carbocycles. The number of aromatic nitrogens is 6. The first-order valence-electron chi connectivity index (χ1n) is 20.2. The molecule has 63 heavy (non-hydrogen) atoms. The Kier molecular flexibility index (Phi) is 13.9. The second-order valence-electron chi connectivity index (χ2n) is 15.2. The quantitative estimate of drug-likeness (QED) is 0.0982. The number of alkyl carbamates (subject to hydrolysis) is 1. The maximum Gasteiger partial charge on any atom is 0.490 e. The number of likely N-dealkylation sites (tertiary alicyclic amines) is 2. The maximum absolute atomic E-state index is 13.5. The number of carboxylic acid groups (broad SMARTS) is 1. The third-order valence-corrected chi connectivity index (χ3v) is 11.0. The third-order valence-electron chi connectivity index (χ3n) is 11.0. The van der Waals surface area contributed by atoms with Gasteiger partial charge in [0.15, 0.2) is 6.10 Å². The maximum atomic E-state index is 13.5. The molecule has 5 heterocycles. The fourth-order valence-corrected chi connectivity index (χ4v) is 7.53. The van der Waals surface area contributed by atoms with Crippen LogP contribution in [-0.2, 0) is 23.9 Å². The zero-order valence-electron chi connectivity index (χ0n) is 34.8. The van der Waals surface area contributed by atoms with Gasteiger partial charge >= 0.3 is 24.3 Å². The average Bonchev–Trinajstić information content (AvgIpc) is 4.11. The molecule has 0 saturated carbocycles. The Morgan fingerprint density at radius 1 is 0.841 bits per heavy atom. The SMILES string of the molecule is CCC(C)[C@H](OC(N)=O)C(=O)N1CCC[C@H]1c1ncc(-c2ccc(-c3cnc4cc(-c5cnc([C@@H]6CCCN6C(=O)[C@@H](C)NC(=O)OC)[nH]5)ccc4n3)cc2)[nH]1.O=C(O)C(F)(F)F. The fourth-order valence-electron chi connectivity index (χ4n) is 7.53. The van der Waals surface area contributed by atoms with Crippen LogP contribution in [0.25, 0.3) is 44.8 Å². The van der Waals surface area contributed by atoms with Crippen LogP contribution in [0.4, 0.5) is 22.8 Å². The Hall–Kier alpha value is -7.06. The van der Waals surface area contributed by atoms with Gasteiger partial charge in [-0.1, -0.05) is 44.2 Å². The van der Waals surface area contributed by atoms with Gasteiger partial charge in [0.05, 0.1) is 65.9 Å². The molecule has 18 nitrogen and oxygen atoms in total. The number of aliphatic carboxylic acids is 1. The molecule has 0 bridgehead atoms. The summed E-state index contributed by atoms with van der Waals surface area (Å²) >= 11 is 0. The van der Waals surface area contributed by atoms with E-state index in [4.69, 9.17) is 30.3 Å². The van der Waals surface area contributed by atoms with Crippen molar-refractivity contribution in [2.24, 2.45) is 11.7 Å². The van der Waals surface area contributed by atoms with Crippen molar-refractivity contribution in [2.75, 3.05) is 20.2 Å². The van der Waals surface area contributed by atoms with Crippen LogP contribution in [0.5, 0.6) is 0 Å². The van der Waals surface area contributed by atoms with E-state index >= 15 is 0 Å². The number of H-pyrrole nitrogens is 2. The molecule has 5 aromatic rings. The summed E-state index contributed by atoms with van der Waals surface area (Å²) in [6, 6.07) is 12.6. The molecule has 0 radical (unpaired) electrons. The van der Waals surface area contributed by atoms with Crippen LogP contribution in [0.15, 0.2) is 61.1 Å². The van der Waals surface area contributed by atoms with Crippen LogP contribution in [0.3, 0.4) is 0 Å². The Bertz CT molecular complexity index is 2460. The Morgan fingerprint density at radius 3 is 1.92 bits per heavy atom. The van der Waals surface area contributed by atoms with E-state index in [9.17, 15) is 32.3 Å². The van der Waals surface area contributed by atoms with Gasteiger partial charge in [0.25, 0.3) is 5.91 Å². The van der Waals surface area contributed by atoms with Gasteiger partial charge in [-0.15, -0.1) is 0 Å². The molecule has 2 saturated heterocycles. The van der Waals surface area contributed by atoms with Crippen molar-refractivity contribution >= 4 is 41.0 Å². The minimum absolute atomic E-state index is 0.174. The highest BCUT2D eigenvalue weighted by Gasteiger charge is 2.40. The molecular weight excluding hydrogens is 830 g/mol. The molecule has 6 N–H and O–H groups in total. The highest BCUT2D eigenvalue weighted by molar-refractivity contribution is 5.86. The lowest BCUT2D eigenvalue weighted by atomic mass is 10.00. The number of nitrogens with one attached hydrogen (secondary N) is 3. The number of carbonyl (C=O) groups is 5. The standard InChI is InChI=1S/C40H46N10O6.C2HF3O2/c1-5-22(2)34(56-39(41)53)38(52)50-17-7-9-33(50)36-43-20-30(47-36)25-12-10-24(11-13-25)29-19-42-28-18-26(14-15-27(28)46-29)31-21-44-35(48-31)32-8-6-16-49(32)37(51)23(3)45-40(54)55-4;3-2(4,5)1(6)7/h10-15,18-23,32-34H,5-9,16-17H2,1-4H3,(H2,41,53)(H,43,47)(H,44,48)(H,45,54);(H,6,7)/t22?,23-,32+,33+,34+;/m1./s1. The van der Waals surface area contributed by atoms with E-state index < -0.39 is 36.5 Å². The number of primary amides is 1. The summed E-state index contributed by atoms with van der Waals surface area (Å²) in [4.78, 5) is 87.9. The van der Waals surface area contributed by atoms with Crippen LogP contribution < -0.4 is 11.1 Å². The molecule has 3 aromatic heterocycles. The number of amides is 4. The lowest BCUT2D eigenvalue weighted by Gasteiger charge is -2.29. The molecule has 1 unspecified atom stereocenters. The largest absolute Gasteiger partial charge is 0.490 e. The first-order chi connectivity index (χ1) is 30.0. The number of benzene rings is 2. The molecule has 7 rings (SSSR count). The normalized spacial score (nSPS) is 17.6.